The Morgan fingerprint density at radius 3 is 2.48 bits per heavy atom. The van der Waals surface area contributed by atoms with Gasteiger partial charge >= 0.3 is 12.1 Å². The molecule has 0 radical (unpaired) electrons. The molecule has 316 valence electrons. The van der Waals surface area contributed by atoms with Crippen LogP contribution in [-0.4, -0.2) is 85.0 Å². The number of benzene rings is 1. The summed E-state index contributed by atoms with van der Waals surface area (Å²) in [6, 6.07) is 11.2. The second-order valence-electron chi connectivity index (χ2n) is 14.4. The molecule has 5 heterocycles. The number of aryl methyl sites for hydroxylation is 2. The van der Waals surface area contributed by atoms with Gasteiger partial charge in [-0.3, -0.25) is 24.5 Å². The fourth-order valence-electron chi connectivity index (χ4n) is 6.98. The Hall–Kier alpha value is -6.34. The molecule has 1 aliphatic heterocycles. The highest BCUT2D eigenvalue weighted by Gasteiger charge is 2.38. The Morgan fingerprint density at radius 1 is 1.02 bits per heavy atom. The number of nitrogens with one attached hydrogen (secondary N) is 4. The van der Waals surface area contributed by atoms with Crippen LogP contribution in [0.4, 0.5) is 24.5 Å². The third kappa shape index (κ3) is 10.8. The molecule has 0 spiro atoms. The molecule has 4 aromatic heterocycles. The van der Waals surface area contributed by atoms with Crippen LogP contribution in [0.5, 0.6) is 0 Å². The van der Waals surface area contributed by atoms with Crippen molar-refractivity contribution in [3.63, 3.8) is 0 Å². The van der Waals surface area contributed by atoms with Gasteiger partial charge in [-0.25, -0.2) is 9.78 Å². The van der Waals surface area contributed by atoms with Crippen molar-refractivity contribution in [3.05, 3.63) is 106 Å². The molecule has 0 aliphatic carbocycles. The predicted octanol–water partition coefficient (Wildman–Crippen LogP) is 4.16. The van der Waals surface area contributed by atoms with Gasteiger partial charge in [0.15, 0.2) is 17.7 Å². The summed E-state index contributed by atoms with van der Waals surface area (Å²) < 4.78 is 43.3. The number of hydrogen-bond acceptors (Lipinski definition) is 9. The number of rotatable bonds is 16. The molecule has 1 fully saturated rings. The second-order valence-corrected chi connectivity index (χ2v) is 14.8. The van der Waals surface area contributed by atoms with E-state index >= 15 is 0 Å². The van der Waals surface area contributed by atoms with Crippen LogP contribution in [0.15, 0.2) is 61.1 Å². The van der Waals surface area contributed by atoms with Crippen molar-refractivity contribution in [2.24, 2.45) is 11.7 Å². The lowest BCUT2D eigenvalue weighted by atomic mass is 9.95. The third-order valence-electron chi connectivity index (χ3n) is 10.1. The van der Waals surface area contributed by atoms with Crippen LogP contribution in [0.3, 0.4) is 0 Å². The number of anilines is 2. The number of carboxylic acid groups (broad SMARTS) is 1. The lowest BCUT2D eigenvalue weighted by Gasteiger charge is -2.31. The number of piperidine rings is 1. The molecule has 0 bridgehead atoms. The molecule has 0 atom stereocenters. The molecule has 9 N–H and O–H groups in total. The first-order chi connectivity index (χ1) is 28.7. The maximum Gasteiger partial charge on any atom is 0.433 e. The first kappa shape index (κ1) is 43.2. The van der Waals surface area contributed by atoms with Crippen molar-refractivity contribution in [1.29, 1.82) is 0 Å². The number of aliphatic carboxylic acids is 1. The zero-order valence-electron chi connectivity index (χ0n) is 32.3. The molecule has 0 unspecified atom stereocenters. The van der Waals surface area contributed by atoms with Crippen LogP contribution >= 0.6 is 11.6 Å². The SMILES string of the molecule is NCCCc1cc(CCCNC(=O)C2CCN(C(=O)c3ccc(NC(=O)c4ncc(Cc5c(-c6ccc(N)cn6)n[nH]c5C(F)(F)F)[nH]4)cc3Cl)CC2)cc[n+]1CC(=O)O. The number of nitrogens with zero attached hydrogens (tertiary/aromatic N) is 5. The maximum absolute atomic E-state index is 13.9. The van der Waals surface area contributed by atoms with Crippen molar-refractivity contribution in [2.45, 2.75) is 57.7 Å². The number of pyridine rings is 2. The van der Waals surface area contributed by atoms with E-state index in [4.69, 9.17) is 23.1 Å². The highest BCUT2D eigenvalue weighted by molar-refractivity contribution is 6.34. The van der Waals surface area contributed by atoms with Crippen molar-refractivity contribution >= 4 is 46.7 Å². The second kappa shape index (κ2) is 19.2. The predicted molar refractivity (Wildman–Crippen MR) is 214 cm³/mol. The van der Waals surface area contributed by atoms with Crippen molar-refractivity contribution < 1.29 is 42.0 Å². The van der Waals surface area contributed by atoms with Gasteiger partial charge in [0.1, 0.15) is 11.4 Å². The zero-order chi connectivity index (χ0) is 43.0. The minimum absolute atomic E-state index is 0.0293. The molecule has 3 amide bonds. The van der Waals surface area contributed by atoms with Crippen molar-refractivity contribution in [1.82, 2.24) is 35.4 Å². The van der Waals surface area contributed by atoms with Crippen molar-refractivity contribution in [2.75, 3.05) is 37.2 Å². The monoisotopic (exact) mass is 850 g/mol. The fraction of sp³-hybridized carbons (Fsp3) is 0.350. The zero-order valence-corrected chi connectivity index (χ0v) is 33.1. The van der Waals surface area contributed by atoms with E-state index in [1.165, 1.54) is 42.7 Å². The standard InChI is InChI=1S/C40H43ClF3N11O5/c41-31-19-26(51-38(59)36-49-21-27(50-36)18-30-34(32-8-5-25(46)20-48-32)52-53-35(30)40(42,43)44)6-7-29(31)39(60)54-15-10-24(11-16-54)37(58)47-13-2-3-23-9-14-55(22-33(56)57)28(17-23)4-1-12-45/h5-9,14,17,19-21,24H,1-4,10-13,15-16,18,22,45H2,(H6-,46,47,48,49,50,51,52,53,56,57,58,59,60)/p+1. The van der Waals surface area contributed by atoms with E-state index in [1.807, 2.05) is 17.2 Å². The average molecular weight is 851 g/mol. The Labute approximate surface area is 346 Å². The smallest absolute Gasteiger partial charge is 0.433 e. The van der Waals surface area contributed by atoms with Crippen LogP contribution in [0.1, 0.15) is 74.9 Å². The summed E-state index contributed by atoms with van der Waals surface area (Å²) in [6.07, 6.45) is 3.04. The number of aromatic amines is 2. The Bertz CT molecular complexity index is 2340. The summed E-state index contributed by atoms with van der Waals surface area (Å²) in [5, 5.41) is 20.8. The first-order valence-corrected chi connectivity index (χ1v) is 19.6. The largest absolute Gasteiger partial charge is 0.477 e. The minimum atomic E-state index is -4.74. The van der Waals surface area contributed by atoms with Crippen LogP contribution in [0.25, 0.3) is 11.4 Å². The van der Waals surface area contributed by atoms with Crippen LogP contribution in [0, 0.1) is 5.92 Å². The van der Waals surface area contributed by atoms with Crippen LogP contribution in [-0.2, 0) is 41.6 Å². The number of aromatic nitrogens is 6. The molecule has 20 heteroatoms. The van der Waals surface area contributed by atoms with Gasteiger partial charge in [-0.2, -0.15) is 22.8 Å². The van der Waals surface area contributed by atoms with E-state index in [0.29, 0.717) is 64.0 Å². The highest BCUT2D eigenvalue weighted by Crippen LogP contribution is 2.36. The van der Waals surface area contributed by atoms with Gasteiger partial charge in [0.25, 0.3) is 11.8 Å². The van der Waals surface area contributed by atoms with Crippen LogP contribution < -0.4 is 26.7 Å². The van der Waals surface area contributed by atoms with Gasteiger partial charge in [0.2, 0.25) is 12.5 Å². The number of carbonyl (C=O) groups is 4. The first-order valence-electron chi connectivity index (χ1n) is 19.2. The number of imidazole rings is 1. The lowest BCUT2D eigenvalue weighted by molar-refractivity contribution is -0.693. The van der Waals surface area contributed by atoms with E-state index in [2.05, 4.69) is 30.7 Å². The molecule has 60 heavy (non-hydrogen) atoms. The number of nitrogens with two attached hydrogens (primary N) is 2. The van der Waals surface area contributed by atoms with Crippen molar-refractivity contribution in [3.8, 4) is 11.4 Å². The van der Waals surface area contributed by atoms with E-state index in [9.17, 15) is 37.5 Å². The van der Waals surface area contributed by atoms with E-state index in [-0.39, 0.29) is 75.4 Å². The number of hydrogen-bond donors (Lipinski definition) is 7. The molecule has 1 aromatic carbocycles. The summed E-state index contributed by atoms with van der Waals surface area (Å²) in [6.45, 7) is 1.54. The molecule has 6 rings (SSSR count). The molecule has 5 aromatic rings. The van der Waals surface area contributed by atoms with Gasteiger partial charge < -0.3 is 37.1 Å². The number of alkyl halides is 3. The summed E-state index contributed by atoms with van der Waals surface area (Å²) in [7, 11) is 0. The molecular formula is C40H44ClF3N11O5+. The van der Waals surface area contributed by atoms with Gasteiger partial charge in [-0.15, -0.1) is 0 Å². The van der Waals surface area contributed by atoms with Gasteiger partial charge in [-0.1, -0.05) is 11.6 Å². The highest BCUT2D eigenvalue weighted by atomic mass is 35.5. The summed E-state index contributed by atoms with van der Waals surface area (Å²) in [5.41, 5.74) is 13.2. The molecular weight excluding hydrogens is 807 g/mol. The number of halogens is 4. The van der Waals surface area contributed by atoms with Crippen LogP contribution in [0.2, 0.25) is 5.02 Å². The average Bonchev–Trinajstić information content (AvgIpc) is 3.87. The normalized spacial score (nSPS) is 13.3. The number of nitrogen functional groups attached to an aromatic ring is 1. The quantitative estimate of drug-likeness (QED) is 0.0553. The molecule has 1 saturated heterocycles. The number of H-pyrrole nitrogens is 2. The van der Waals surface area contributed by atoms with E-state index in [1.54, 1.807) is 15.7 Å². The summed E-state index contributed by atoms with van der Waals surface area (Å²) in [4.78, 5) is 63.2. The number of carbonyl (C=O) groups excluding carboxylic acids is 3. The lowest BCUT2D eigenvalue weighted by Crippen LogP contribution is -2.43. The topological polar surface area (TPSA) is 242 Å². The third-order valence-corrected chi connectivity index (χ3v) is 10.4. The molecule has 0 saturated carbocycles. The Kier molecular flexibility index (Phi) is 13.8. The summed E-state index contributed by atoms with van der Waals surface area (Å²) >= 11 is 6.51. The molecule has 16 nitrogen and oxygen atoms in total. The minimum Gasteiger partial charge on any atom is -0.477 e. The molecule has 1 aliphatic rings. The Balaban J connectivity index is 0.979. The number of carboxylic acids is 1. The van der Waals surface area contributed by atoms with Gasteiger partial charge in [0, 0.05) is 73.7 Å². The number of amides is 3. The Morgan fingerprint density at radius 2 is 1.80 bits per heavy atom. The van der Waals surface area contributed by atoms with Gasteiger partial charge in [0.05, 0.1) is 28.2 Å². The number of likely N-dealkylation sites (tertiary alicyclic amines) is 1. The summed E-state index contributed by atoms with van der Waals surface area (Å²) in [5.74, 6) is -2.44. The fourth-order valence-corrected chi connectivity index (χ4v) is 7.25. The maximum atomic E-state index is 13.9. The van der Waals surface area contributed by atoms with E-state index < -0.39 is 23.7 Å². The van der Waals surface area contributed by atoms with Gasteiger partial charge in [-0.05, 0) is 74.5 Å². The van der Waals surface area contributed by atoms with E-state index in [0.717, 1.165) is 17.7 Å².